The fraction of sp³-hybridized carbons (Fsp3) is 0.684. The zero-order chi connectivity index (χ0) is 18.4. The van der Waals surface area contributed by atoms with E-state index in [1.165, 1.54) is 19.3 Å². The third kappa shape index (κ3) is 4.76. The maximum Gasteiger partial charge on any atom is 0.243 e. The van der Waals surface area contributed by atoms with Crippen LogP contribution in [0, 0.1) is 0 Å². The number of piperidine rings is 1. The maximum absolute atomic E-state index is 13.3. The van der Waals surface area contributed by atoms with Crippen molar-refractivity contribution in [1.29, 1.82) is 0 Å². The lowest BCUT2D eigenvalue weighted by Crippen LogP contribution is -2.46. The second-order valence-corrected chi connectivity index (χ2v) is 8.96. The van der Waals surface area contributed by atoms with Crippen LogP contribution in [0.5, 0.6) is 5.75 Å². The van der Waals surface area contributed by atoms with Crippen molar-refractivity contribution in [3.63, 3.8) is 0 Å². The van der Waals surface area contributed by atoms with Crippen LogP contribution in [0.2, 0.25) is 0 Å². The Morgan fingerprint density at radius 2 is 1.92 bits per heavy atom. The van der Waals surface area contributed by atoms with Crippen molar-refractivity contribution in [2.24, 2.45) is 0 Å². The molecule has 26 heavy (non-hydrogen) atoms. The first-order valence-electron chi connectivity index (χ1n) is 9.79. The smallest absolute Gasteiger partial charge is 0.243 e. The van der Waals surface area contributed by atoms with E-state index < -0.39 is 10.0 Å². The number of sulfonamides is 1. The molecule has 146 valence electrons. The standard InChI is InChI=1S/C19H31N3O3S/c1-2-25-18-6-8-19(9-7-18)26(23,24)22(17-10-11-20-16-17)15-14-21-12-4-3-5-13-21/h6-9,17,20H,2-5,10-16H2,1H3. The molecular weight excluding hydrogens is 350 g/mol. The Hall–Kier alpha value is -1.15. The van der Waals surface area contributed by atoms with Gasteiger partial charge in [-0.1, -0.05) is 6.42 Å². The van der Waals surface area contributed by atoms with Gasteiger partial charge in [0.2, 0.25) is 10.0 Å². The molecule has 7 heteroatoms. The highest BCUT2D eigenvalue weighted by Crippen LogP contribution is 2.23. The molecule has 2 aliphatic rings. The lowest BCUT2D eigenvalue weighted by Gasteiger charge is -2.32. The number of hydrogen-bond acceptors (Lipinski definition) is 5. The average molecular weight is 382 g/mol. The third-order valence-electron chi connectivity index (χ3n) is 5.27. The van der Waals surface area contributed by atoms with Gasteiger partial charge in [-0.05, 0) is 70.1 Å². The topological polar surface area (TPSA) is 61.9 Å². The molecule has 0 bridgehead atoms. The minimum atomic E-state index is -3.51. The predicted molar refractivity (Wildman–Crippen MR) is 103 cm³/mol. The van der Waals surface area contributed by atoms with Gasteiger partial charge in [-0.15, -0.1) is 0 Å². The van der Waals surface area contributed by atoms with Crippen LogP contribution in [0.25, 0.3) is 0 Å². The van der Waals surface area contributed by atoms with Gasteiger partial charge in [-0.3, -0.25) is 0 Å². The van der Waals surface area contributed by atoms with Gasteiger partial charge >= 0.3 is 0 Å². The summed E-state index contributed by atoms with van der Waals surface area (Å²) in [6, 6.07) is 6.85. The molecule has 1 atom stereocenters. The van der Waals surface area contributed by atoms with Crippen LogP contribution in [0.1, 0.15) is 32.6 Å². The van der Waals surface area contributed by atoms with Crippen LogP contribution in [-0.4, -0.2) is 69.5 Å². The number of hydrogen-bond donors (Lipinski definition) is 1. The Balaban J connectivity index is 1.75. The van der Waals surface area contributed by atoms with E-state index in [1.54, 1.807) is 28.6 Å². The van der Waals surface area contributed by atoms with Gasteiger partial charge < -0.3 is 15.0 Å². The summed E-state index contributed by atoms with van der Waals surface area (Å²) in [4.78, 5) is 2.75. The zero-order valence-corrected chi connectivity index (χ0v) is 16.5. The molecule has 2 fully saturated rings. The van der Waals surface area contributed by atoms with Crippen molar-refractivity contribution in [3.8, 4) is 5.75 Å². The second kappa shape index (κ2) is 9.17. The van der Waals surface area contributed by atoms with Crippen LogP contribution in [-0.2, 0) is 10.0 Å². The number of ether oxygens (including phenoxy) is 1. The Bertz CT molecular complexity index is 651. The third-order valence-corrected chi connectivity index (χ3v) is 7.23. The summed E-state index contributed by atoms with van der Waals surface area (Å²) < 4.78 is 33.8. The molecule has 2 aliphatic heterocycles. The van der Waals surface area contributed by atoms with Gasteiger partial charge in [-0.25, -0.2) is 8.42 Å². The lowest BCUT2D eigenvalue weighted by molar-refractivity contribution is 0.202. The first-order valence-corrected chi connectivity index (χ1v) is 11.2. The van der Waals surface area contributed by atoms with E-state index in [0.717, 1.165) is 39.1 Å². The monoisotopic (exact) mass is 381 g/mol. The highest BCUT2D eigenvalue weighted by atomic mass is 32.2. The van der Waals surface area contributed by atoms with Gasteiger partial charge in [0.15, 0.2) is 0 Å². The first-order chi connectivity index (χ1) is 12.6. The number of rotatable bonds is 8. The van der Waals surface area contributed by atoms with Crippen LogP contribution >= 0.6 is 0 Å². The molecule has 1 unspecified atom stereocenters. The highest BCUT2D eigenvalue weighted by Gasteiger charge is 2.33. The fourth-order valence-electron chi connectivity index (χ4n) is 3.82. The summed E-state index contributed by atoms with van der Waals surface area (Å²) in [5.74, 6) is 0.703. The van der Waals surface area contributed by atoms with Crippen molar-refractivity contribution in [1.82, 2.24) is 14.5 Å². The average Bonchev–Trinajstić information content (AvgIpc) is 3.18. The summed E-state index contributed by atoms with van der Waals surface area (Å²) in [5, 5.41) is 3.30. The first kappa shape index (κ1) is 19.6. The van der Waals surface area contributed by atoms with E-state index in [2.05, 4.69) is 10.2 Å². The molecular formula is C19H31N3O3S. The summed E-state index contributed by atoms with van der Waals surface area (Å²) in [6.45, 7) is 7.64. The van der Waals surface area contributed by atoms with Crippen molar-refractivity contribution in [2.75, 3.05) is 45.9 Å². The second-order valence-electron chi connectivity index (χ2n) is 7.07. The molecule has 1 aromatic carbocycles. The van der Waals surface area contributed by atoms with E-state index in [1.807, 2.05) is 6.92 Å². The fourth-order valence-corrected chi connectivity index (χ4v) is 5.46. The summed E-state index contributed by atoms with van der Waals surface area (Å²) in [7, 11) is -3.51. The molecule has 0 radical (unpaired) electrons. The van der Waals surface area contributed by atoms with Crippen LogP contribution in [0.15, 0.2) is 29.2 Å². The largest absolute Gasteiger partial charge is 0.494 e. The molecule has 0 amide bonds. The lowest BCUT2D eigenvalue weighted by atomic mass is 10.1. The van der Waals surface area contributed by atoms with Crippen molar-refractivity contribution in [2.45, 2.75) is 43.5 Å². The summed E-state index contributed by atoms with van der Waals surface area (Å²) in [5.41, 5.74) is 0. The Labute approximate surface area is 157 Å². The van der Waals surface area contributed by atoms with E-state index in [4.69, 9.17) is 4.74 Å². The highest BCUT2D eigenvalue weighted by molar-refractivity contribution is 7.89. The molecule has 1 N–H and O–H groups in total. The van der Waals surface area contributed by atoms with Gasteiger partial charge in [0.05, 0.1) is 11.5 Å². The maximum atomic E-state index is 13.3. The van der Waals surface area contributed by atoms with Crippen molar-refractivity contribution < 1.29 is 13.2 Å². The zero-order valence-electron chi connectivity index (χ0n) is 15.7. The molecule has 0 aliphatic carbocycles. The number of benzene rings is 1. The van der Waals surface area contributed by atoms with E-state index >= 15 is 0 Å². The van der Waals surface area contributed by atoms with Gasteiger partial charge in [0.25, 0.3) is 0 Å². The van der Waals surface area contributed by atoms with Crippen molar-refractivity contribution in [3.05, 3.63) is 24.3 Å². The number of nitrogens with zero attached hydrogens (tertiary/aromatic N) is 2. The molecule has 6 nitrogen and oxygen atoms in total. The number of nitrogens with one attached hydrogen (secondary N) is 1. The van der Waals surface area contributed by atoms with Gasteiger partial charge in [0.1, 0.15) is 5.75 Å². The molecule has 0 saturated carbocycles. The SMILES string of the molecule is CCOc1ccc(S(=O)(=O)N(CCN2CCCCC2)C2CCNC2)cc1. The van der Waals surface area contributed by atoms with Crippen LogP contribution in [0.3, 0.4) is 0 Å². The van der Waals surface area contributed by atoms with E-state index in [-0.39, 0.29) is 6.04 Å². The molecule has 0 aromatic heterocycles. The minimum Gasteiger partial charge on any atom is -0.494 e. The van der Waals surface area contributed by atoms with Crippen LogP contribution in [0.4, 0.5) is 0 Å². The Morgan fingerprint density at radius 3 is 2.54 bits per heavy atom. The minimum absolute atomic E-state index is 0.0383. The molecule has 3 rings (SSSR count). The van der Waals surface area contributed by atoms with Gasteiger partial charge in [0, 0.05) is 25.7 Å². The molecule has 1 aromatic rings. The quantitative estimate of drug-likeness (QED) is 0.745. The van der Waals surface area contributed by atoms with Crippen molar-refractivity contribution >= 4 is 10.0 Å². The molecule has 0 spiro atoms. The normalized spacial score (nSPS) is 22.0. The van der Waals surface area contributed by atoms with Crippen LogP contribution < -0.4 is 10.1 Å². The van der Waals surface area contributed by atoms with Gasteiger partial charge in [-0.2, -0.15) is 4.31 Å². The Kier molecular flexibility index (Phi) is 6.92. The Morgan fingerprint density at radius 1 is 1.19 bits per heavy atom. The summed E-state index contributed by atoms with van der Waals surface area (Å²) in [6.07, 6.45) is 4.60. The predicted octanol–water partition coefficient (Wildman–Crippen LogP) is 1.92. The molecule has 2 heterocycles. The molecule has 2 saturated heterocycles. The number of likely N-dealkylation sites (tertiary alicyclic amines) is 1. The summed E-state index contributed by atoms with van der Waals surface area (Å²) >= 11 is 0. The van der Waals surface area contributed by atoms with E-state index in [9.17, 15) is 8.42 Å². The van der Waals surface area contributed by atoms with E-state index in [0.29, 0.717) is 23.8 Å².